The molecule has 7 heteroatoms. The van der Waals surface area contributed by atoms with Crippen LogP contribution < -0.4 is 15.0 Å². The topological polar surface area (TPSA) is 71.1 Å². The number of esters is 1. The highest BCUT2D eigenvalue weighted by molar-refractivity contribution is 5.96. The molecule has 0 bridgehead atoms. The van der Waals surface area contributed by atoms with E-state index in [0.717, 1.165) is 44.0 Å². The summed E-state index contributed by atoms with van der Waals surface area (Å²) in [6.07, 6.45) is 0. The number of carbonyl (C=O) groups is 2. The van der Waals surface area contributed by atoms with E-state index in [0.29, 0.717) is 18.0 Å². The molecule has 182 valence electrons. The van der Waals surface area contributed by atoms with Crippen LogP contribution >= 0.6 is 0 Å². The number of amides is 1. The highest BCUT2D eigenvalue weighted by Crippen LogP contribution is 2.21. The van der Waals surface area contributed by atoms with Crippen molar-refractivity contribution >= 4 is 23.3 Å². The third kappa shape index (κ3) is 6.83. The fourth-order valence-corrected chi connectivity index (χ4v) is 3.98. The van der Waals surface area contributed by atoms with Crippen molar-refractivity contribution in [3.05, 3.63) is 90.0 Å². The molecule has 1 aliphatic rings. The molecule has 4 rings (SSSR count). The lowest BCUT2D eigenvalue weighted by Gasteiger charge is -2.35. The highest BCUT2D eigenvalue weighted by atomic mass is 16.5. The maximum absolute atomic E-state index is 12.6. The van der Waals surface area contributed by atoms with Gasteiger partial charge < -0.3 is 24.6 Å². The molecule has 1 heterocycles. The minimum absolute atomic E-state index is 0.281. The molecule has 35 heavy (non-hydrogen) atoms. The highest BCUT2D eigenvalue weighted by Gasteiger charge is 2.17. The number of rotatable bonds is 9. The lowest BCUT2D eigenvalue weighted by Crippen LogP contribution is -2.46. The molecular weight excluding hydrogens is 442 g/mol. The summed E-state index contributed by atoms with van der Waals surface area (Å²) in [5.41, 5.74) is 3.07. The Morgan fingerprint density at radius 3 is 2.26 bits per heavy atom. The minimum atomic E-state index is -0.606. The van der Waals surface area contributed by atoms with Gasteiger partial charge in [0, 0.05) is 37.6 Å². The standard InChI is InChI=1S/C28H31N3O4/c1-2-30-16-18-31(19-17-30)24-14-12-23(13-15-24)29-27(32)21-35-28(33)25-10-6-7-11-26(25)34-20-22-8-4-3-5-9-22/h3-15H,2,16-21H2,1H3,(H,29,32). The van der Waals surface area contributed by atoms with Gasteiger partial charge in [0.05, 0.1) is 0 Å². The number of likely N-dealkylation sites (N-methyl/N-ethyl adjacent to an activating group) is 1. The number of hydrogen-bond acceptors (Lipinski definition) is 6. The Bertz CT molecular complexity index is 1110. The summed E-state index contributed by atoms with van der Waals surface area (Å²) in [5, 5.41) is 2.78. The second kappa shape index (κ2) is 12.0. The van der Waals surface area contributed by atoms with E-state index in [1.165, 1.54) is 0 Å². The van der Waals surface area contributed by atoms with Gasteiger partial charge in [0.25, 0.3) is 5.91 Å². The van der Waals surface area contributed by atoms with Crippen LogP contribution in [0.15, 0.2) is 78.9 Å². The van der Waals surface area contributed by atoms with E-state index in [9.17, 15) is 9.59 Å². The van der Waals surface area contributed by atoms with E-state index in [1.54, 1.807) is 24.3 Å². The van der Waals surface area contributed by atoms with Crippen LogP contribution in [0, 0.1) is 0 Å². The van der Waals surface area contributed by atoms with Crippen LogP contribution in [-0.4, -0.2) is 56.1 Å². The molecule has 1 N–H and O–H groups in total. The zero-order chi connectivity index (χ0) is 24.5. The number of carbonyl (C=O) groups excluding carboxylic acids is 2. The second-order valence-electron chi connectivity index (χ2n) is 8.36. The molecule has 1 saturated heterocycles. The third-order valence-corrected chi connectivity index (χ3v) is 6.01. The van der Waals surface area contributed by atoms with E-state index < -0.39 is 11.9 Å². The zero-order valence-corrected chi connectivity index (χ0v) is 20.0. The number of benzene rings is 3. The predicted molar refractivity (Wildman–Crippen MR) is 137 cm³/mol. The maximum Gasteiger partial charge on any atom is 0.342 e. The van der Waals surface area contributed by atoms with Crippen molar-refractivity contribution in [1.29, 1.82) is 0 Å². The number of nitrogens with one attached hydrogen (secondary N) is 1. The molecule has 3 aromatic carbocycles. The lowest BCUT2D eigenvalue weighted by molar-refractivity contribution is -0.119. The van der Waals surface area contributed by atoms with Crippen LogP contribution in [0.25, 0.3) is 0 Å². The molecule has 1 fully saturated rings. The summed E-state index contributed by atoms with van der Waals surface area (Å²) in [6, 6.07) is 24.3. The van der Waals surface area contributed by atoms with Crippen molar-refractivity contribution in [2.75, 3.05) is 49.5 Å². The van der Waals surface area contributed by atoms with Crippen LogP contribution in [0.3, 0.4) is 0 Å². The summed E-state index contributed by atoms with van der Waals surface area (Å²) < 4.78 is 11.1. The molecule has 0 atom stereocenters. The van der Waals surface area contributed by atoms with Gasteiger partial charge in [-0.15, -0.1) is 0 Å². The Hall–Kier alpha value is -3.84. The first-order valence-electron chi connectivity index (χ1n) is 11.9. The van der Waals surface area contributed by atoms with Gasteiger partial charge in [-0.2, -0.15) is 0 Å². The van der Waals surface area contributed by atoms with Crippen LogP contribution in [0.4, 0.5) is 11.4 Å². The Kier molecular flexibility index (Phi) is 8.35. The molecule has 0 unspecified atom stereocenters. The molecular formula is C28H31N3O4. The fourth-order valence-electron chi connectivity index (χ4n) is 3.98. The SMILES string of the molecule is CCN1CCN(c2ccc(NC(=O)COC(=O)c3ccccc3OCc3ccccc3)cc2)CC1. The van der Waals surface area contributed by atoms with Gasteiger partial charge >= 0.3 is 5.97 Å². The van der Waals surface area contributed by atoms with Crippen molar-refractivity contribution in [3.63, 3.8) is 0 Å². The minimum Gasteiger partial charge on any atom is -0.488 e. The molecule has 1 amide bonds. The first-order valence-corrected chi connectivity index (χ1v) is 11.9. The number of piperazine rings is 1. The van der Waals surface area contributed by atoms with Gasteiger partial charge in [0.2, 0.25) is 0 Å². The molecule has 0 aliphatic carbocycles. The Morgan fingerprint density at radius 1 is 0.857 bits per heavy atom. The quantitative estimate of drug-likeness (QED) is 0.470. The number of anilines is 2. The van der Waals surface area contributed by atoms with E-state index in [-0.39, 0.29) is 12.2 Å². The van der Waals surface area contributed by atoms with Gasteiger partial charge in [0.1, 0.15) is 17.9 Å². The first-order chi connectivity index (χ1) is 17.1. The maximum atomic E-state index is 12.6. The van der Waals surface area contributed by atoms with Crippen LogP contribution in [-0.2, 0) is 16.1 Å². The predicted octanol–water partition coefficient (Wildman–Crippen LogP) is 4.20. The zero-order valence-electron chi connectivity index (χ0n) is 20.0. The number of ether oxygens (including phenoxy) is 2. The number of hydrogen-bond donors (Lipinski definition) is 1. The lowest BCUT2D eigenvalue weighted by atomic mass is 10.2. The van der Waals surface area contributed by atoms with E-state index >= 15 is 0 Å². The van der Waals surface area contributed by atoms with Gasteiger partial charge in [-0.05, 0) is 48.5 Å². The molecule has 7 nitrogen and oxygen atoms in total. The largest absolute Gasteiger partial charge is 0.488 e. The van der Waals surface area contributed by atoms with Crippen molar-refractivity contribution in [1.82, 2.24) is 4.90 Å². The van der Waals surface area contributed by atoms with E-state index in [2.05, 4.69) is 22.0 Å². The van der Waals surface area contributed by atoms with Crippen LogP contribution in [0.2, 0.25) is 0 Å². The van der Waals surface area contributed by atoms with Gasteiger partial charge in [-0.25, -0.2) is 4.79 Å². The summed E-state index contributed by atoms with van der Waals surface area (Å²) in [5.74, 6) is -0.590. The normalized spacial score (nSPS) is 13.8. The molecule has 0 spiro atoms. The number of para-hydroxylation sites is 1. The van der Waals surface area contributed by atoms with Crippen LogP contribution in [0.1, 0.15) is 22.8 Å². The van der Waals surface area contributed by atoms with Gasteiger partial charge in [-0.1, -0.05) is 49.4 Å². The van der Waals surface area contributed by atoms with Gasteiger partial charge in [0.15, 0.2) is 6.61 Å². The third-order valence-electron chi connectivity index (χ3n) is 6.01. The first kappa shape index (κ1) is 24.3. The average Bonchev–Trinajstić information content (AvgIpc) is 2.92. The van der Waals surface area contributed by atoms with Gasteiger partial charge in [-0.3, -0.25) is 4.79 Å². The summed E-state index contributed by atoms with van der Waals surface area (Å²) in [7, 11) is 0. The van der Waals surface area contributed by atoms with Crippen molar-refractivity contribution in [2.45, 2.75) is 13.5 Å². The molecule has 1 aliphatic heterocycles. The number of nitrogens with zero attached hydrogens (tertiary/aromatic N) is 2. The van der Waals surface area contributed by atoms with E-state index in [4.69, 9.17) is 9.47 Å². The Labute approximate surface area is 206 Å². The van der Waals surface area contributed by atoms with Crippen molar-refractivity contribution in [3.8, 4) is 5.75 Å². The fraction of sp³-hybridized carbons (Fsp3) is 0.286. The Balaban J connectivity index is 1.26. The van der Waals surface area contributed by atoms with Crippen molar-refractivity contribution < 1.29 is 19.1 Å². The molecule has 0 radical (unpaired) electrons. The summed E-state index contributed by atoms with van der Waals surface area (Å²) >= 11 is 0. The van der Waals surface area contributed by atoms with Crippen molar-refractivity contribution in [2.24, 2.45) is 0 Å². The second-order valence-corrected chi connectivity index (χ2v) is 8.36. The van der Waals surface area contributed by atoms with E-state index in [1.807, 2.05) is 54.6 Å². The molecule has 0 aromatic heterocycles. The average molecular weight is 474 g/mol. The summed E-state index contributed by atoms with van der Waals surface area (Å²) in [6.45, 7) is 7.31. The van der Waals surface area contributed by atoms with Crippen LogP contribution in [0.5, 0.6) is 5.75 Å². The smallest absolute Gasteiger partial charge is 0.342 e. The summed E-state index contributed by atoms with van der Waals surface area (Å²) in [4.78, 5) is 29.7. The monoisotopic (exact) mass is 473 g/mol. The molecule has 0 saturated carbocycles. The Morgan fingerprint density at radius 2 is 1.54 bits per heavy atom. The molecule has 3 aromatic rings.